The van der Waals surface area contributed by atoms with E-state index in [4.69, 9.17) is 22.4 Å². The summed E-state index contributed by atoms with van der Waals surface area (Å²) >= 11 is 5.70. The molecule has 3 nitrogen and oxygen atoms in total. The Morgan fingerprint density at radius 3 is 2.69 bits per heavy atom. The number of benzene rings is 1. The Hall–Kier alpha value is -1.06. The molecule has 88 valence electrons. The Morgan fingerprint density at radius 2 is 2.12 bits per heavy atom. The van der Waals surface area contributed by atoms with Gasteiger partial charge in [-0.1, -0.05) is 12.1 Å². The molecule has 0 radical (unpaired) electrons. The molecule has 1 aromatic rings. The van der Waals surface area contributed by atoms with E-state index in [0.29, 0.717) is 24.4 Å². The second-order valence-corrected chi connectivity index (χ2v) is 3.96. The predicted octanol–water partition coefficient (Wildman–Crippen LogP) is 2.06. The normalized spacial score (nSPS) is 10.4. The number of carbonyl (C=O) groups is 1. The number of rotatable bonds is 6. The third-order valence-electron chi connectivity index (χ3n) is 2.50. The van der Waals surface area contributed by atoms with E-state index in [9.17, 15) is 4.79 Å². The number of aromatic carboxylic acids is 1. The van der Waals surface area contributed by atoms with Crippen molar-refractivity contribution in [2.24, 2.45) is 5.73 Å². The van der Waals surface area contributed by atoms with E-state index < -0.39 is 5.97 Å². The van der Waals surface area contributed by atoms with Crippen molar-refractivity contribution < 1.29 is 9.90 Å². The van der Waals surface area contributed by atoms with Crippen LogP contribution in [0.3, 0.4) is 0 Å². The van der Waals surface area contributed by atoms with Gasteiger partial charge in [-0.25, -0.2) is 4.79 Å². The van der Waals surface area contributed by atoms with Crippen LogP contribution in [0.15, 0.2) is 18.2 Å². The van der Waals surface area contributed by atoms with E-state index in [2.05, 4.69) is 0 Å². The van der Waals surface area contributed by atoms with Gasteiger partial charge in [-0.2, -0.15) is 0 Å². The molecule has 0 aliphatic rings. The summed E-state index contributed by atoms with van der Waals surface area (Å²) in [4.78, 5) is 11.1. The molecular weight excluding hydrogens is 226 g/mol. The minimum absolute atomic E-state index is 0.357. The molecule has 0 aliphatic carbocycles. The fourth-order valence-electron chi connectivity index (χ4n) is 1.75. The number of carboxylic acid groups (broad SMARTS) is 1. The maximum absolute atomic E-state index is 11.1. The highest BCUT2D eigenvalue weighted by molar-refractivity contribution is 6.18. The zero-order chi connectivity index (χ0) is 12.0. The first-order valence-corrected chi connectivity index (χ1v) is 5.84. The number of halogens is 1. The lowest BCUT2D eigenvalue weighted by Crippen LogP contribution is -2.08. The molecule has 0 aliphatic heterocycles. The first-order valence-electron chi connectivity index (χ1n) is 5.30. The van der Waals surface area contributed by atoms with E-state index in [-0.39, 0.29) is 0 Å². The largest absolute Gasteiger partial charge is 0.478 e. The molecule has 16 heavy (non-hydrogen) atoms. The lowest BCUT2D eigenvalue weighted by Gasteiger charge is -2.11. The van der Waals surface area contributed by atoms with Crippen molar-refractivity contribution in [3.05, 3.63) is 34.9 Å². The number of aryl methyl sites for hydroxylation is 1. The van der Waals surface area contributed by atoms with Gasteiger partial charge in [0.15, 0.2) is 0 Å². The van der Waals surface area contributed by atoms with Crippen LogP contribution in [0.25, 0.3) is 0 Å². The van der Waals surface area contributed by atoms with Gasteiger partial charge in [0.05, 0.1) is 5.56 Å². The van der Waals surface area contributed by atoms with Crippen molar-refractivity contribution in [1.29, 1.82) is 0 Å². The van der Waals surface area contributed by atoms with Crippen LogP contribution in [-0.2, 0) is 12.8 Å². The van der Waals surface area contributed by atoms with Crippen LogP contribution in [0, 0.1) is 0 Å². The Bertz CT molecular complexity index is 366. The Kier molecular flexibility index (Phi) is 5.29. The van der Waals surface area contributed by atoms with Gasteiger partial charge >= 0.3 is 5.97 Å². The van der Waals surface area contributed by atoms with Crippen LogP contribution in [0.1, 0.15) is 27.9 Å². The molecule has 0 amide bonds. The van der Waals surface area contributed by atoms with Crippen LogP contribution in [-0.4, -0.2) is 23.5 Å². The zero-order valence-electron chi connectivity index (χ0n) is 9.08. The minimum atomic E-state index is -0.894. The van der Waals surface area contributed by atoms with E-state index in [1.165, 1.54) is 0 Å². The van der Waals surface area contributed by atoms with Crippen molar-refractivity contribution in [3.63, 3.8) is 0 Å². The van der Waals surface area contributed by atoms with Crippen LogP contribution >= 0.6 is 11.6 Å². The number of alkyl halides is 1. The summed E-state index contributed by atoms with van der Waals surface area (Å²) in [6, 6.07) is 5.34. The third kappa shape index (κ3) is 3.22. The molecular formula is C12H16ClNO2. The van der Waals surface area contributed by atoms with Crippen molar-refractivity contribution in [2.45, 2.75) is 19.3 Å². The van der Waals surface area contributed by atoms with Crippen LogP contribution in [0.2, 0.25) is 0 Å². The molecule has 0 saturated carbocycles. The summed E-state index contributed by atoms with van der Waals surface area (Å²) in [6.07, 6.45) is 2.26. The van der Waals surface area contributed by atoms with Gasteiger partial charge in [0.1, 0.15) is 0 Å². The molecule has 0 bridgehead atoms. The summed E-state index contributed by atoms with van der Waals surface area (Å²) in [5, 5.41) is 9.07. The number of hydrogen-bond donors (Lipinski definition) is 2. The fraction of sp³-hybridized carbons (Fsp3) is 0.417. The molecule has 1 aromatic carbocycles. The monoisotopic (exact) mass is 241 g/mol. The SMILES string of the molecule is NCCCc1cccc(C(=O)O)c1CCCl. The van der Waals surface area contributed by atoms with Gasteiger partial charge in [-0.05, 0) is 43.0 Å². The topological polar surface area (TPSA) is 63.3 Å². The molecule has 0 spiro atoms. The van der Waals surface area contributed by atoms with Crippen LogP contribution in [0.5, 0.6) is 0 Å². The minimum Gasteiger partial charge on any atom is -0.478 e. The van der Waals surface area contributed by atoms with Gasteiger partial charge in [0, 0.05) is 5.88 Å². The van der Waals surface area contributed by atoms with Crippen molar-refractivity contribution in [2.75, 3.05) is 12.4 Å². The molecule has 0 saturated heterocycles. The number of hydrogen-bond acceptors (Lipinski definition) is 2. The molecule has 0 atom stereocenters. The highest BCUT2D eigenvalue weighted by atomic mass is 35.5. The summed E-state index contributed by atoms with van der Waals surface area (Å²) in [7, 11) is 0. The van der Waals surface area contributed by atoms with Gasteiger partial charge in [-0.3, -0.25) is 0 Å². The number of carboxylic acids is 1. The first kappa shape index (κ1) is 13.0. The number of nitrogens with two attached hydrogens (primary N) is 1. The lowest BCUT2D eigenvalue weighted by atomic mass is 9.96. The smallest absolute Gasteiger partial charge is 0.335 e. The van der Waals surface area contributed by atoms with E-state index in [0.717, 1.165) is 24.0 Å². The van der Waals surface area contributed by atoms with Crippen molar-refractivity contribution >= 4 is 17.6 Å². The predicted molar refractivity (Wildman–Crippen MR) is 65.2 cm³/mol. The fourth-order valence-corrected chi connectivity index (χ4v) is 1.94. The average molecular weight is 242 g/mol. The molecule has 0 heterocycles. The maximum Gasteiger partial charge on any atom is 0.335 e. The standard InChI is InChI=1S/C12H16ClNO2/c13-7-6-10-9(4-2-8-14)3-1-5-11(10)12(15)16/h1,3,5H,2,4,6-8,14H2,(H,15,16). The molecule has 0 unspecified atom stereocenters. The van der Waals surface area contributed by atoms with Gasteiger partial charge in [0.25, 0.3) is 0 Å². The Morgan fingerprint density at radius 1 is 1.38 bits per heavy atom. The van der Waals surface area contributed by atoms with E-state index in [1.807, 2.05) is 6.07 Å². The van der Waals surface area contributed by atoms with E-state index in [1.54, 1.807) is 12.1 Å². The van der Waals surface area contributed by atoms with Crippen LogP contribution < -0.4 is 5.73 Å². The molecule has 0 fully saturated rings. The second-order valence-electron chi connectivity index (χ2n) is 3.58. The molecule has 3 N–H and O–H groups in total. The zero-order valence-corrected chi connectivity index (χ0v) is 9.83. The molecule has 1 rings (SSSR count). The van der Waals surface area contributed by atoms with Gasteiger partial charge < -0.3 is 10.8 Å². The van der Waals surface area contributed by atoms with Crippen LogP contribution in [0.4, 0.5) is 0 Å². The van der Waals surface area contributed by atoms with E-state index >= 15 is 0 Å². The summed E-state index contributed by atoms with van der Waals surface area (Å²) < 4.78 is 0. The molecule has 0 aromatic heterocycles. The Balaban J connectivity index is 3.05. The Labute approximate surface area is 100 Å². The van der Waals surface area contributed by atoms with Crippen molar-refractivity contribution in [3.8, 4) is 0 Å². The summed E-state index contributed by atoms with van der Waals surface area (Å²) in [5.41, 5.74) is 7.71. The summed E-state index contributed by atoms with van der Waals surface area (Å²) in [5.74, 6) is -0.463. The van der Waals surface area contributed by atoms with Gasteiger partial charge in [0.2, 0.25) is 0 Å². The maximum atomic E-state index is 11.1. The highest BCUT2D eigenvalue weighted by Crippen LogP contribution is 2.18. The lowest BCUT2D eigenvalue weighted by molar-refractivity contribution is 0.0695. The highest BCUT2D eigenvalue weighted by Gasteiger charge is 2.12. The van der Waals surface area contributed by atoms with Gasteiger partial charge in [-0.15, -0.1) is 11.6 Å². The first-order chi connectivity index (χ1) is 7.70. The molecule has 4 heteroatoms. The quantitative estimate of drug-likeness (QED) is 0.750. The van der Waals surface area contributed by atoms with Crippen molar-refractivity contribution in [1.82, 2.24) is 0 Å². The second kappa shape index (κ2) is 6.51. The summed E-state index contributed by atoms with van der Waals surface area (Å²) in [6.45, 7) is 0.609. The third-order valence-corrected chi connectivity index (χ3v) is 2.69. The average Bonchev–Trinajstić information content (AvgIpc) is 2.27.